The summed E-state index contributed by atoms with van der Waals surface area (Å²) >= 11 is 0. The molecule has 0 aromatic carbocycles. The molecule has 1 atom stereocenters. The van der Waals surface area contributed by atoms with Crippen molar-refractivity contribution in [2.75, 3.05) is 19.6 Å². The van der Waals surface area contributed by atoms with Gasteiger partial charge >= 0.3 is 0 Å². The van der Waals surface area contributed by atoms with E-state index in [0.717, 1.165) is 32.3 Å². The van der Waals surface area contributed by atoms with Gasteiger partial charge in [0.25, 0.3) is 0 Å². The van der Waals surface area contributed by atoms with Crippen molar-refractivity contribution in [1.82, 2.24) is 10.6 Å². The van der Waals surface area contributed by atoms with Crippen LogP contribution in [-0.2, 0) is 4.79 Å². The number of aldehydes is 1. The summed E-state index contributed by atoms with van der Waals surface area (Å²) in [6, 6.07) is 0. The Hall–Kier alpha value is -0.410. The van der Waals surface area contributed by atoms with Gasteiger partial charge in [-0.1, -0.05) is 13.8 Å². The van der Waals surface area contributed by atoms with Crippen LogP contribution in [0.3, 0.4) is 0 Å². The summed E-state index contributed by atoms with van der Waals surface area (Å²) in [6.45, 7) is 7.14. The van der Waals surface area contributed by atoms with Crippen LogP contribution in [-0.4, -0.2) is 31.5 Å². The monoisotopic (exact) mass is 212 g/mol. The summed E-state index contributed by atoms with van der Waals surface area (Å²) in [4.78, 5) is 10.6. The van der Waals surface area contributed by atoms with Gasteiger partial charge in [0.2, 0.25) is 0 Å². The second kappa shape index (κ2) is 6.23. The number of hydrogen-bond donors (Lipinski definition) is 2. The number of carbonyl (C=O) groups excluding carboxylic acids is 1. The average Bonchev–Trinajstić information content (AvgIpc) is 2.34. The molecule has 0 bridgehead atoms. The first-order valence-electron chi connectivity index (χ1n) is 6.26. The third-order valence-corrected chi connectivity index (χ3v) is 3.49. The Kier molecular flexibility index (Phi) is 5.26. The minimum absolute atomic E-state index is 0.264. The molecule has 2 aliphatic heterocycles. The van der Waals surface area contributed by atoms with E-state index in [1.807, 2.05) is 13.8 Å². The molecule has 3 nitrogen and oxygen atoms in total. The first-order chi connectivity index (χ1) is 7.35. The molecule has 2 saturated heterocycles. The van der Waals surface area contributed by atoms with Crippen molar-refractivity contribution in [3.63, 3.8) is 0 Å². The number of piperidine rings is 2. The molecular formula is C12H24N2O. The van der Waals surface area contributed by atoms with Crippen molar-refractivity contribution in [2.45, 2.75) is 45.1 Å². The number of carbonyl (C=O) groups is 1. The van der Waals surface area contributed by atoms with E-state index in [2.05, 4.69) is 10.6 Å². The van der Waals surface area contributed by atoms with E-state index in [0.29, 0.717) is 5.54 Å². The van der Waals surface area contributed by atoms with Crippen molar-refractivity contribution >= 4 is 6.29 Å². The maximum atomic E-state index is 10.6. The second-order valence-electron chi connectivity index (χ2n) is 4.35. The summed E-state index contributed by atoms with van der Waals surface area (Å²) in [7, 11) is 0. The molecule has 0 aromatic rings. The van der Waals surface area contributed by atoms with Gasteiger partial charge in [-0.2, -0.15) is 0 Å². The largest absolute Gasteiger partial charge is 0.317 e. The summed E-state index contributed by atoms with van der Waals surface area (Å²) in [5.74, 6) is 0.264. The molecule has 2 fully saturated rings. The van der Waals surface area contributed by atoms with Crippen molar-refractivity contribution < 1.29 is 4.79 Å². The van der Waals surface area contributed by atoms with Gasteiger partial charge in [0.1, 0.15) is 6.29 Å². The highest BCUT2D eigenvalue weighted by Crippen LogP contribution is 2.29. The first kappa shape index (κ1) is 12.7. The van der Waals surface area contributed by atoms with Crippen LogP contribution in [0.2, 0.25) is 0 Å². The quantitative estimate of drug-likeness (QED) is 0.644. The van der Waals surface area contributed by atoms with Crippen LogP contribution < -0.4 is 10.6 Å². The lowest BCUT2D eigenvalue weighted by Gasteiger charge is -2.43. The minimum Gasteiger partial charge on any atom is -0.317 e. The number of hydrogen-bond acceptors (Lipinski definition) is 3. The van der Waals surface area contributed by atoms with E-state index in [-0.39, 0.29) is 5.92 Å². The van der Waals surface area contributed by atoms with E-state index in [4.69, 9.17) is 0 Å². The fourth-order valence-corrected chi connectivity index (χ4v) is 2.45. The maximum Gasteiger partial charge on any atom is 0.124 e. The Morgan fingerprint density at radius 2 is 1.87 bits per heavy atom. The highest BCUT2D eigenvalue weighted by atomic mass is 16.1. The topological polar surface area (TPSA) is 41.1 Å². The van der Waals surface area contributed by atoms with Crippen LogP contribution in [0, 0.1) is 5.92 Å². The minimum atomic E-state index is 0.264. The predicted molar refractivity (Wildman–Crippen MR) is 63.0 cm³/mol. The van der Waals surface area contributed by atoms with Crippen LogP contribution in [0.1, 0.15) is 39.5 Å². The Labute approximate surface area is 93.0 Å². The Bertz CT molecular complexity index is 178. The number of nitrogens with one attached hydrogen (secondary N) is 2. The fraction of sp³-hybridized carbons (Fsp3) is 0.917. The Balaban J connectivity index is 0.000000531. The molecule has 0 radical (unpaired) electrons. The van der Waals surface area contributed by atoms with Crippen molar-refractivity contribution in [1.29, 1.82) is 0 Å². The van der Waals surface area contributed by atoms with E-state index < -0.39 is 0 Å². The molecule has 2 aliphatic rings. The summed E-state index contributed by atoms with van der Waals surface area (Å²) < 4.78 is 0. The van der Waals surface area contributed by atoms with Crippen LogP contribution in [0.5, 0.6) is 0 Å². The molecule has 15 heavy (non-hydrogen) atoms. The van der Waals surface area contributed by atoms with Gasteiger partial charge in [-0.05, 0) is 38.8 Å². The SMILES string of the molecule is CC.O=CC1CCC2(CCNCC2)NC1. The lowest BCUT2D eigenvalue weighted by Crippen LogP contribution is -2.56. The van der Waals surface area contributed by atoms with Crippen LogP contribution in [0.4, 0.5) is 0 Å². The second-order valence-corrected chi connectivity index (χ2v) is 4.35. The number of rotatable bonds is 1. The Morgan fingerprint density at radius 1 is 1.20 bits per heavy atom. The van der Waals surface area contributed by atoms with Gasteiger partial charge in [-0.25, -0.2) is 0 Å². The molecule has 1 unspecified atom stereocenters. The Morgan fingerprint density at radius 3 is 2.33 bits per heavy atom. The predicted octanol–water partition coefficient (Wildman–Crippen LogP) is 1.33. The molecule has 2 rings (SSSR count). The fourth-order valence-electron chi connectivity index (χ4n) is 2.45. The van der Waals surface area contributed by atoms with Crippen molar-refractivity contribution in [2.24, 2.45) is 5.92 Å². The summed E-state index contributed by atoms with van der Waals surface area (Å²) in [6.07, 6.45) is 5.80. The molecule has 2 N–H and O–H groups in total. The molecule has 0 saturated carbocycles. The molecule has 0 aromatic heterocycles. The van der Waals surface area contributed by atoms with Gasteiger partial charge in [-0.3, -0.25) is 0 Å². The molecule has 0 aliphatic carbocycles. The van der Waals surface area contributed by atoms with E-state index >= 15 is 0 Å². The molecule has 1 spiro atoms. The van der Waals surface area contributed by atoms with E-state index in [1.165, 1.54) is 19.3 Å². The van der Waals surface area contributed by atoms with Gasteiger partial charge in [-0.15, -0.1) is 0 Å². The van der Waals surface area contributed by atoms with Crippen LogP contribution in [0.15, 0.2) is 0 Å². The highest BCUT2D eigenvalue weighted by molar-refractivity contribution is 5.54. The first-order valence-corrected chi connectivity index (χ1v) is 6.26. The van der Waals surface area contributed by atoms with Crippen molar-refractivity contribution in [3.05, 3.63) is 0 Å². The van der Waals surface area contributed by atoms with Crippen LogP contribution >= 0.6 is 0 Å². The molecular weight excluding hydrogens is 188 g/mol. The maximum absolute atomic E-state index is 10.6. The molecule has 0 amide bonds. The zero-order valence-corrected chi connectivity index (χ0v) is 10.0. The van der Waals surface area contributed by atoms with E-state index in [9.17, 15) is 4.79 Å². The molecule has 88 valence electrons. The van der Waals surface area contributed by atoms with Gasteiger partial charge in [0.05, 0.1) is 0 Å². The standard InChI is InChI=1S/C10H18N2O.C2H6/c13-8-9-1-2-10(12-7-9)3-5-11-6-4-10;1-2/h8-9,11-12H,1-7H2;1-2H3. The summed E-state index contributed by atoms with van der Waals surface area (Å²) in [5.41, 5.74) is 0.366. The van der Waals surface area contributed by atoms with E-state index in [1.54, 1.807) is 0 Å². The average molecular weight is 212 g/mol. The lowest BCUT2D eigenvalue weighted by atomic mass is 9.78. The van der Waals surface area contributed by atoms with Gasteiger partial charge in [0, 0.05) is 18.0 Å². The van der Waals surface area contributed by atoms with Gasteiger partial charge in [0.15, 0.2) is 0 Å². The van der Waals surface area contributed by atoms with Crippen molar-refractivity contribution in [3.8, 4) is 0 Å². The summed E-state index contributed by atoms with van der Waals surface area (Å²) in [5, 5.41) is 6.94. The van der Waals surface area contributed by atoms with Crippen LogP contribution in [0.25, 0.3) is 0 Å². The highest BCUT2D eigenvalue weighted by Gasteiger charge is 2.35. The zero-order valence-electron chi connectivity index (χ0n) is 10.0. The molecule has 3 heteroatoms. The third-order valence-electron chi connectivity index (χ3n) is 3.49. The zero-order chi connectivity index (χ0) is 11.1. The van der Waals surface area contributed by atoms with Gasteiger partial charge < -0.3 is 15.4 Å². The normalized spacial score (nSPS) is 29.1. The third kappa shape index (κ3) is 3.28. The molecule has 2 heterocycles. The lowest BCUT2D eigenvalue weighted by molar-refractivity contribution is -0.112. The smallest absolute Gasteiger partial charge is 0.124 e.